The van der Waals surface area contributed by atoms with Crippen molar-refractivity contribution in [3.05, 3.63) is 53.6 Å². The number of anilines is 1. The second-order valence-corrected chi connectivity index (χ2v) is 5.88. The second-order valence-electron chi connectivity index (χ2n) is 4.20. The minimum Gasteiger partial charge on any atom is -0.280 e. The highest BCUT2D eigenvalue weighted by Crippen LogP contribution is 2.18. The molecule has 0 amide bonds. The summed E-state index contributed by atoms with van der Waals surface area (Å²) in [7, 11) is -3.71. The maximum absolute atomic E-state index is 13.1. The summed E-state index contributed by atoms with van der Waals surface area (Å²) in [5.74, 6) is -0.432. The first kappa shape index (κ1) is 13.5. The van der Waals surface area contributed by atoms with E-state index in [2.05, 4.69) is 9.71 Å². The fourth-order valence-corrected chi connectivity index (χ4v) is 2.74. The quantitative estimate of drug-likeness (QED) is 0.940. The number of hydrogen-bond acceptors (Lipinski definition) is 3. The van der Waals surface area contributed by atoms with E-state index in [1.807, 2.05) is 0 Å². The Morgan fingerprint density at radius 2 is 1.89 bits per heavy atom. The molecule has 19 heavy (non-hydrogen) atoms. The predicted octanol–water partition coefficient (Wildman–Crippen LogP) is 2.64. The van der Waals surface area contributed by atoms with Gasteiger partial charge in [-0.05, 0) is 49.7 Å². The van der Waals surface area contributed by atoms with Crippen LogP contribution in [0.2, 0.25) is 0 Å². The molecular weight excluding hydrogens is 267 g/mol. The van der Waals surface area contributed by atoms with E-state index >= 15 is 0 Å². The van der Waals surface area contributed by atoms with Gasteiger partial charge in [0.1, 0.15) is 5.82 Å². The first-order chi connectivity index (χ1) is 8.88. The molecule has 1 N–H and O–H groups in total. The molecule has 1 aromatic heterocycles. The summed E-state index contributed by atoms with van der Waals surface area (Å²) in [4.78, 5) is 4.01. The molecular formula is C13H13FN2O2S. The van der Waals surface area contributed by atoms with E-state index < -0.39 is 15.8 Å². The molecule has 0 atom stereocenters. The maximum atomic E-state index is 13.1. The average Bonchev–Trinajstić information content (AvgIpc) is 2.32. The third-order valence-corrected chi connectivity index (χ3v) is 3.97. The highest BCUT2D eigenvalue weighted by Gasteiger charge is 2.15. The van der Waals surface area contributed by atoms with Gasteiger partial charge >= 0.3 is 0 Å². The van der Waals surface area contributed by atoms with E-state index in [9.17, 15) is 12.8 Å². The molecule has 0 unspecified atom stereocenters. The van der Waals surface area contributed by atoms with Gasteiger partial charge in [0.05, 0.1) is 10.6 Å². The van der Waals surface area contributed by atoms with Crippen LogP contribution in [0, 0.1) is 19.7 Å². The lowest BCUT2D eigenvalue weighted by atomic mass is 10.2. The zero-order chi connectivity index (χ0) is 14.0. The largest absolute Gasteiger partial charge is 0.280 e. The summed E-state index contributed by atoms with van der Waals surface area (Å²) in [5, 5.41) is 0. The van der Waals surface area contributed by atoms with Crippen molar-refractivity contribution in [2.24, 2.45) is 0 Å². The zero-order valence-electron chi connectivity index (χ0n) is 10.5. The summed E-state index contributed by atoms with van der Waals surface area (Å²) in [6.45, 7) is 3.28. The van der Waals surface area contributed by atoms with Gasteiger partial charge in [-0.3, -0.25) is 9.71 Å². The lowest BCUT2D eigenvalue weighted by Crippen LogP contribution is -2.13. The van der Waals surface area contributed by atoms with Crippen LogP contribution in [-0.2, 0) is 10.0 Å². The van der Waals surface area contributed by atoms with Crippen LogP contribution < -0.4 is 4.72 Å². The molecule has 0 fully saturated rings. The van der Waals surface area contributed by atoms with E-state index in [4.69, 9.17) is 0 Å². The van der Waals surface area contributed by atoms with Gasteiger partial charge in [-0.25, -0.2) is 12.8 Å². The van der Waals surface area contributed by atoms with E-state index in [0.717, 1.165) is 6.07 Å². The van der Waals surface area contributed by atoms with Gasteiger partial charge in [0, 0.05) is 11.9 Å². The van der Waals surface area contributed by atoms with E-state index in [-0.39, 0.29) is 10.5 Å². The molecule has 4 nitrogen and oxygen atoms in total. The van der Waals surface area contributed by atoms with Crippen LogP contribution in [0.4, 0.5) is 10.1 Å². The summed E-state index contributed by atoms with van der Waals surface area (Å²) >= 11 is 0. The summed E-state index contributed by atoms with van der Waals surface area (Å²) < 4.78 is 39.8. The molecule has 0 spiro atoms. The predicted molar refractivity (Wildman–Crippen MR) is 70.9 cm³/mol. The van der Waals surface area contributed by atoms with Gasteiger partial charge < -0.3 is 0 Å². The number of aromatic nitrogens is 1. The van der Waals surface area contributed by atoms with Crippen LogP contribution in [0.5, 0.6) is 0 Å². The fourth-order valence-electron chi connectivity index (χ4n) is 1.61. The third-order valence-electron chi connectivity index (χ3n) is 2.59. The summed E-state index contributed by atoms with van der Waals surface area (Å²) in [5.41, 5.74) is 1.42. The van der Waals surface area contributed by atoms with E-state index in [0.29, 0.717) is 11.4 Å². The number of halogens is 1. The molecule has 1 heterocycles. The average molecular weight is 280 g/mol. The SMILES string of the molecule is Cc1cc(NS(=O)(=O)c2ccc(F)c(C)c2)ccn1. The molecule has 2 aromatic rings. The Morgan fingerprint density at radius 3 is 2.53 bits per heavy atom. The summed E-state index contributed by atoms with van der Waals surface area (Å²) in [6.07, 6.45) is 1.52. The lowest BCUT2D eigenvalue weighted by Gasteiger charge is -2.09. The monoisotopic (exact) mass is 280 g/mol. The Morgan fingerprint density at radius 1 is 1.16 bits per heavy atom. The van der Waals surface area contributed by atoms with Crippen LogP contribution in [0.25, 0.3) is 0 Å². The Hall–Kier alpha value is -1.95. The second kappa shape index (κ2) is 4.97. The molecule has 0 saturated heterocycles. The standard InChI is InChI=1S/C13H13FN2O2S/c1-9-7-12(3-4-13(9)14)19(17,18)16-11-5-6-15-10(2)8-11/h3-8H,1-2H3,(H,15,16). The molecule has 0 saturated carbocycles. The molecule has 2 rings (SSSR count). The molecule has 0 aliphatic carbocycles. The molecule has 0 radical (unpaired) electrons. The van der Waals surface area contributed by atoms with Crippen molar-refractivity contribution < 1.29 is 12.8 Å². The van der Waals surface area contributed by atoms with E-state index in [1.165, 1.54) is 25.3 Å². The number of nitrogens with zero attached hydrogens (tertiary/aromatic N) is 1. The Labute approximate surface area is 111 Å². The van der Waals surface area contributed by atoms with Crippen LogP contribution in [0.1, 0.15) is 11.3 Å². The van der Waals surface area contributed by atoms with Crippen molar-refractivity contribution in [1.29, 1.82) is 0 Å². The van der Waals surface area contributed by atoms with Gasteiger partial charge in [-0.15, -0.1) is 0 Å². The number of rotatable bonds is 3. The van der Waals surface area contributed by atoms with Crippen molar-refractivity contribution in [1.82, 2.24) is 4.98 Å². The number of benzene rings is 1. The van der Waals surface area contributed by atoms with Crippen LogP contribution in [0.15, 0.2) is 41.4 Å². The Balaban J connectivity index is 2.35. The molecule has 100 valence electrons. The first-order valence-corrected chi connectivity index (χ1v) is 7.08. The van der Waals surface area contributed by atoms with Crippen molar-refractivity contribution >= 4 is 15.7 Å². The summed E-state index contributed by atoms with van der Waals surface area (Å²) in [6, 6.07) is 6.85. The smallest absolute Gasteiger partial charge is 0.261 e. The maximum Gasteiger partial charge on any atom is 0.261 e. The van der Waals surface area contributed by atoms with Crippen molar-refractivity contribution in [2.75, 3.05) is 4.72 Å². The van der Waals surface area contributed by atoms with Crippen LogP contribution in [-0.4, -0.2) is 13.4 Å². The van der Waals surface area contributed by atoms with E-state index in [1.54, 1.807) is 19.1 Å². The lowest BCUT2D eigenvalue weighted by molar-refractivity contribution is 0.598. The molecule has 0 bridgehead atoms. The van der Waals surface area contributed by atoms with Crippen molar-refractivity contribution in [3.63, 3.8) is 0 Å². The first-order valence-electron chi connectivity index (χ1n) is 5.60. The minimum atomic E-state index is -3.71. The van der Waals surface area contributed by atoms with Gasteiger partial charge in [0.15, 0.2) is 0 Å². The highest BCUT2D eigenvalue weighted by atomic mass is 32.2. The van der Waals surface area contributed by atoms with Crippen molar-refractivity contribution in [3.8, 4) is 0 Å². The number of hydrogen-bond donors (Lipinski definition) is 1. The topological polar surface area (TPSA) is 59.1 Å². The number of sulfonamides is 1. The van der Waals surface area contributed by atoms with Crippen molar-refractivity contribution in [2.45, 2.75) is 18.7 Å². The minimum absolute atomic E-state index is 0.0286. The normalized spacial score (nSPS) is 11.3. The number of nitrogens with one attached hydrogen (secondary N) is 1. The molecule has 6 heteroatoms. The number of aryl methyl sites for hydroxylation is 2. The Bertz CT molecular complexity index is 714. The highest BCUT2D eigenvalue weighted by molar-refractivity contribution is 7.92. The molecule has 0 aliphatic heterocycles. The van der Waals surface area contributed by atoms with Crippen LogP contribution in [0.3, 0.4) is 0 Å². The zero-order valence-corrected chi connectivity index (χ0v) is 11.3. The van der Waals surface area contributed by atoms with Gasteiger partial charge in [0.2, 0.25) is 0 Å². The van der Waals surface area contributed by atoms with Crippen LogP contribution >= 0.6 is 0 Å². The third kappa shape index (κ3) is 3.08. The fraction of sp³-hybridized carbons (Fsp3) is 0.154. The number of pyridine rings is 1. The Kier molecular flexibility index (Phi) is 3.53. The van der Waals surface area contributed by atoms with Gasteiger partial charge in [-0.1, -0.05) is 0 Å². The van der Waals surface area contributed by atoms with Gasteiger partial charge in [-0.2, -0.15) is 0 Å². The van der Waals surface area contributed by atoms with Gasteiger partial charge in [0.25, 0.3) is 10.0 Å². The molecule has 1 aromatic carbocycles. The molecule has 0 aliphatic rings.